The van der Waals surface area contributed by atoms with E-state index >= 15 is 0 Å². The third-order valence-corrected chi connectivity index (χ3v) is 3.83. The fourth-order valence-corrected chi connectivity index (χ4v) is 2.57. The van der Waals surface area contributed by atoms with Gasteiger partial charge in [-0.3, -0.25) is 9.69 Å². The molecular weight excluding hydrogens is 296 g/mol. The Morgan fingerprint density at radius 1 is 1.18 bits per heavy atom. The van der Waals surface area contributed by atoms with E-state index in [2.05, 4.69) is 24.4 Å². The van der Waals surface area contributed by atoms with Crippen LogP contribution in [-0.4, -0.2) is 24.4 Å². The maximum absolute atomic E-state index is 12.1. The summed E-state index contributed by atoms with van der Waals surface area (Å²) in [7, 11) is 1.93. The number of amides is 1. The standard InChI is InChI=1S/C18H21ClN2O/c1-13-8-9-17(16(19)10-13)20-18(22)12-21(3)11-15-7-5-4-6-14(15)2/h4-10H,11-12H2,1-3H3,(H,20,22). The summed E-state index contributed by atoms with van der Waals surface area (Å²) in [5.41, 5.74) is 4.18. The molecule has 0 heterocycles. The molecule has 0 fully saturated rings. The molecule has 1 amide bonds. The van der Waals surface area contributed by atoms with Gasteiger partial charge in [0.25, 0.3) is 0 Å². The molecule has 0 saturated heterocycles. The number of aryl methyl sites for hydroxylation is 2. The van der Waals surface area contributed by atoms with E-state index in [-0.39, 0.29) is 5.91 Å². The first-order valence-corrected chi connectivity index (χ1v) is 7.62. The fraction of sp³-hybridized carbons (Fsp3) is 0.278. The lowest BCUT2D eigenvalue weighted by molar-refractivity contribution is -0.117. The minimum atomic E-state index is -0.0677. The van der Waals surface area contributed by atoms with Gasteiger partial charge in [-0.15, -0.1) is 0 Å². The van der Waals surface area contributed by atoms with Gasteiger partial charge >= 0.3 is 0 Å². The predicted octanol–water partition coefficient (Wildman–Crippen LogP) is 4.03. The Hall–Kier alpha value is -1.84. The summed E-state index contributed by atoms with van der Waals surface area (Å²) in [6, 6.07) is 13.8. The van der Waals surface area contributed by atoms with Crippen LogP contribution in [0.3, 0.4) is 0 Å². The van der Waals surface area contributed by atoms with Crippen molar-refractivity contribution in [1.82, 2.24) is 4.90 Å². The van der Waals surface area contributed by atoms with Gasteiger partial charge in [-0.05, 0) is 49.7 Å². The van der Waals surface area contributed by atoms with Gasteiger partial charge in [0.15, 0.2) is 0 Å². The number of nitrogens with one attached hydrogen (secondary N) is 1. The largest absolute Gasteiger partial charge is 0.324 e. The molecule has 2 rings (SSSR count). The molecule has 0 spiro atoms. The molecule has 0 unspecified atom stereocenters. The van der Waals surface area contributed by atoms with E-state index in [4.69, 9.17) is 11.6 Å². The first-order valence-electron chi connectivity index (χ1n) is 7.25. The van der Waals surface area contributed by atoms with E-state index in [1.54, 1.807) is 0 Å². The maximum atomic E-state index is 12.1. The smallest absolute Gasteiger partial charge is 0.238 e. The fourth-order valence-electron chi connectivity index (χ4n) is 2.29. The SMILES string of the molecule is Cc1ccc(NC(=O)CN(C)Cc2ccccc2C)c(Cl)c1. The molecule has 0 aliphatic heterocycles. The summed E-state index contributed by atoms with van der Waals surface area (Å²) in [5, 5.41) is 3.42. The molecule has 0 radical (unpaired) electrons. The Kier molecular flexibility index (Phi) is 5.58. The summed E-state index contributed by atoms with van der Waals surface area (Å²) < 4.78 is 0. The van der Waals surface area contributed by atoms with Crippen molar-refractivity contribution in [2.24, 2.45) is 0 Å². The number of hydrogen-bond acceptors (Lipinski definition) is 2. The molecule has 2 aromatic rings. The van der Waals surface area contributed by atoms with E-state index in [9.17, 15) is 4.79 Å². The number of anilines is 1. The minimum Gasteiger partial charge on any atom is -0.324 e. The number of carbonyl (C=O) groups excluding carboxylic acids is 1. The number of rotatable bonds is 5. The summed E-state index contributed by atoms with van der Waals surface area (Å²) in [6.07, 6.45) is 0. The highest BCUT2D eigenvalue weighted by atomic mass is 35.5. The molecule has 3 nitrogen and oxygen atoms in total. The van der Waals surface area contributed by atoms with Crippen LogP contribution < -0.4 is 5.32 Å². The predicted molar refractivity (Wildman–Crippen MR) is 92.3 cm³/mol. The van der Waals surface area contributed by atoms with Crippen LogP contribution in [0.1, 0.15) is 16.7 Å². The van der Waals surface area contributed by atoms with E-state index in [1.807, 2.05) is 49.2 Å². The molecule has 0 saturated carbocycles. The molecule has 0 aromatic heterocycles. The van der Waals surface area contributed by atoms with Crippen molar-refractivity contribution in [1.29, 1.82) is 0 Å². The first kappa shape index (κ1) is 16.5. The van der Waals surface area contributed by atoms with Crippen molar-refractivity contribution >= 4 is 23.2 Å². The molecule has 4 heteroatoms. The Balaban J connectivity index is 1.93. The van der Waals surface area contributed by atoms with Crippen molar-refractivity contribution in [3.8, 4) is 0 Å². The number of hydrogen-bond donors (Lipinski definition) is 1. The van der Waals surface area contributed by atoms with Crippen molar-refractivity contribution in [3.05, 3.63) is 64.2 Å². The lowest BCUT2D eigenvalue weighted by atomic mass is 10.1. The van der Waals surface area contributed by atoms with Crippen LogP contribution in [0.25, 0.3) is 0 Å². The molecule has 2 aromatic carbocycles. The van der Waals surface area contributed by atoms with Crippen molar-refractivity contribution in [3.63, 3.8) is 0 Å². The lowest BCUT2D eigenvalue weighted by Crippen LogP contribution is -2.30. The number of benzene rings is 2. The van der Waals surface area contributed by atoms with Crippen LogP contribution in [0.5, 0.6) is 0 Å². The Bertz CT molecular complexity index is 670. The van der Waals surface area contributed by atoms with Crippen LogP contribution in [0.4, 0.5) is 5.69 Å². The highest BCUT2D eigenvalue weighted by Crippen LogP contribution is 2.22. The van der Waals surface area contributed by atoms with Crippen LogP contribution in [0, 0.1) is 13.8 Å². The first-order chi connectivity index (χ1) is 10.5. The van der Waals surface area contributed by atoms with E-state index in [0.717, 1.165) is 12.1 Å². The normalized spacial score (nSPS) is 10.8. The molecule has 0 aliphatic carbocycles. The number of halogens is 1. The zero-order valence-electron chi connectivity index (χ0n) is 13.2. The second-order valence-electron chi connectivity index (χ2n) is 5.63. The summed E-state index contributed by atoms with van der Waals surface area (Å²) in [4.78, 5) is 14.1. The summed E-state index contributed by atoms with van der Waals surface area (Å²) >= 11 is 6.13. The van der Waals surface area contributed by atoms with Crippen LogP contribution >= 0.6 is 11.6 Å². The number of carbonyl (C=O) groups is 1. The second-order valence-corrected chi connectivity index (χ2v) is 6.04. The number of likely N-dealkylation sites (N-methyl/N-ethyl adjacent to an activating group) is 1. The average molecular weight is 317 g/mol. The summed E-state index contributed by atoms with van der Waals surface area (Å²) in [5.74, 6) is -0.0677. The Morgan fingerprint density at radius 3 is 2.59 bits per heavy atom. The van der Waals surface area contributed by atoms with Gasteiger partial charge in [0.05, 0.1) is 17.3 Å². The lowest BCUT2D eigenvalue weighted by Gasteiger charge is -2.18. The molecule has 1 N–H and O–H groups in total. The maximum Gasteiger partial charge on any atom is 0.238 e. The monoisotopic (exact) mass is 316 g/mol. The Morgan fingerprint density at radius 2 is 1.91 bits per heavy atom. The molecule has 22 heavy (non-hydrogen) atoms. The van der Waals surface area contributed by atoms with Gasteiger partial charge in [-0.25, -0.2) is 0 Å². The highest BCUT2D eigenvalue weighted by molar-refractivity contribution is 6.33. The third-order valence-electron chi connectivity index (χ3n) is 3.51. The van der Waals surface area contributed by atoms with Crippen LogP contribution in [0.15, 0.2) is 42.5 Å². The van der Waals surface area contributed by atoms with E-state index < -0.39 is 0 Å². The molecule has 0 atom stereocenters. The number of nitrogens with zero attached hydrogens (tertiary/aromatic N) is 1. The summed E-state index contributed by atoms with van der Waals surface area (Å²) in [6.45, 7) is 5.10. The van der Waals surface area contributed by atoms with E-state index in [0.29, 0.717) is 17.3 Å². The minimum absolute atomic E-state index is 0.0677. The van der Waals surface area contributed by atoms with Crippen molar-refractivity contribution < 1.29 is 4.79 Å². The van der Waals surface area contributed by atoms with E-state index in [1.165, 1.54) is 11.1 Å². The average Bonchev–Trinajstić information content (AvgIpc) is 2.44. The van der Waals surface area contributed by atoms with Gasteiger partial charge in [-0.1, -0.05) is 41.9 Å². The second kappa shape index (κ2) is 7.43. The van der Waals surface area contributed by atoms with Crippen LogP contribution in [-0.2, 0) is 11.3 Å². The van der Waals surface area contributed by atoms with Gasteiger partial charge < -0.3 is 5.32 Å². The van der Waals surface area contributed by atoms with Gasteiger partial charge in [0, 0.05) is 6.54 Å². The Labute approximate surface area is 136 Å². The zero-order valence-corrected chi connectivity index (χ0v) is 13.9. The van der Waals surface area contributed by atoms with Gasteiger partial charge in [0.2, 0.25) is 5.91 Å². The molecule has 0 aliphatic rings. The topological polar surface area (TPSA) is 32.3 Å². The van der Waals surface area contributed by atoms with Crippen LogP contribution in [0.2, 0.25) is 5.02 Å². The van der Waals surface area contributed by atoms with Gasteiger partial charge in [-0.2, -0.15) is 0 Å². The molecule has 0 bridgehead atoms. The molecular formula is C18H21ClN2O. The highest BCUT2D eigenvalue weighted by Gasteiger charge is 2.10. The zero-order chi connectivity index (χ0) is 16.1. The molecule has 116 valence electrons. The quantitative estimate of drug-likeness (QED) is 0.903. The van der Waals surface area contributed by atoms with Crippen molar-refractivity contribution in [2.75, 3.05) is 18.9 Å². The van der Waals surface area contributed by atoms with Crippen molar-refractivity contribution in [2.45, 2.75) is 20.4 Å². The van der Waals surface area contributed by atoms with Gasteiger partial charge in [0.1, 0.15) is 0 Å². The third kappa shape index (κ3) is 4.58.